The molecule has 0 aromatic heterocycles. The lowest BCUT2D eigenvalue weighted by Crippen LogP contribution is -2.40. The molecule has 0 saturated heterocycles. The van der Waals surface area contributed by atoms with Crippen LogP contribution in [-0.2, 0) is 32.0 Å². The first-order valence-electron chi connectivity index (χ1n) is 9.36. The van der Waals surface area contributed by atoms with Crippen LogP contribution in [0.1, 0.15) is 41.0 Å². The van der Waals surface area contributed by atoms with Gasteiger partial charge in [-0.25, -0.2) is 0 Å². The molecule has 10 heteroatoms. The standard InChI is InChI=1S/C16H37NO7P2/c1-7-16(20-6)17(12-14-25(18,21-8-2)22-9-3)13-15-26(19,23-10-4)24-11-5/h16H,7-15H2,1-6H3. The maximum atomic E-state index is 12.7. The molecular weight excluding hydrogens is 380 g/mol. The van der Waals surface area contributed by atoms with Crippen LogP contribution >= 0.6 is 15.2 Å². The predicted octanol–water partition coefficient (Wildman–Crippen LogP) is 4.20. The van der Waals surface area contributed by atoms with E-state index in [2.05, 4.69) is 0 Å². The molecule has 0 aliphatic carbocycles. The van der Waals surface area contributed by atoms with E-state index in [-0.39, 0.29) is 18.6 Å². The maximum absolute atomic E-state index is 12.7. The molecule has 0 N–H and O–H groups in total. The van der Waals surface area contributed by atoms with Gasteiger partial charge in [0.1, 0.15) is 6.23 Å². The van der Waals surface area contributed by atoms with Gasteiger partial charge in [0.05, 0.1) is 38.8 Å². The molecular formula is C16H37NO7P2. The van der Waals surface area contributed by atoms with Crippen molar-refractivity contribution in [2.75, 3.05) is 59.0 Å². The summed E-state index contributed by atoms with van der Waals surface area (Å²) in [6.07, 6.45) is 1.02. The van der Waals surface area contributed by atoms with E-state index >= 15 is 0 Å². The van der Waals surface area contributed by atoms with Gasteiger partial charge in [0, 0.05) is 20.2 Å². The van der Waals surface area contributed by atoms with Crippen molar-refractivity contribution in [1.29, 1.82) is 0 Å². The topological polar surface area (TPSA) is 83.5 Å². The summed E-state index contributed by atoms with van der Waals surface area (Å²) in [6, 6.07) is 0. The number of nitrogens with zero attached hydrogens (tertiary/aromatic N) is 1. The van der Waals surface area contributed by atoms with Crippen LogP contribution in [0.3, 0.4) is 0 Å². The molecule has 8 nitrogen and oxygen atoms in total. The number of methoxy groups -OCH3 is 1. The molecule has 1 unspecified atom stereocenters. The monoisotopic (exact) mass is 417 g/mol. The molecule has 0 rings (SSSR count). The molecule has 158 valence electrons. The van der Waals surface area contributed by atoms with E-state index in [1.807, 2.05) is 11.8 Å². The highest BCUT2D eigenvalue weighted by molar-refractivity contribution is 7.54. The van der Waals surface area contributed by atoms with Gasteiger partial charge in [-0.15, -0.1) is 0 Å². The van der Waals surface area contributed by atoms with Gasteiger partial charge in [-0.05, 0) is 34.1 Å². The lowest BCUT2D eigenvalue weighted by Gasteiger charge is -2.31. The fraction of sp³-hybridized carbons (Fsp3) is 1.00. The van der Waals surface area contributed by atoms with Crippen LogP contribution in [0.2, 0.25) is 0 Å². The Hall–Kier alpha value is 0.220. The highest BCUT2D eigenvalue weighted by Crippen LogP contribution is 2.49. The molecule has 26 heavy (non-hydrogen) atoms. The Kier molecular flexibility index (Phi) is 14.4. The highest BCUT2D eigenvalue weighted by atomic mass is 31.2. The molecule has 0 heterocycles. The smallest absolute Gasteiger partial charge is 0.331 e. The second-order valence-corrected chi connectivity index (χ2v) is 9.85. The van der Waals surface area contributed by atoms with Gasteiger partial charge in [0.2, 0.25) is 0 Å². The van der Waals surface area contributed by atoms with Crippen LogP contribution in [0.4, 0.5) is 0 Å². The zero-order valence-corrected chi connectivity index (χ0v) is 18.9. The van der Waals surface area contributed by atoms with E-state index in [1.165, 1.54) is 0 Å². The van der Waals surface area contributed by atoms with E-state index in [9.17, 15) is 9.13 Å². The Bertz CT molecular complexity index is 392. The third-order valence-electron chi connectivity index (χ3n) is 3.65. The van der Waals surface area contributed by atoms with Crippen molar-refractivity contribution in [3.8, 4) is 0 Å². The fourth-order valence-corrected chi connectivity index (χ4v) is 5.84. The molecule has 0 aromatic rings. The Morgan fingerprint density at radius 3 is 1.31 bits per heavy atom. The molecule has 0 fully saturated rings. The molecule has 0 bridgehead atoms. The van der Waals surface area contributed by atoms with Gasteiger partial charge >= 0.3 is 15.2 Å². The molecule has 0 aliphatic heterocycles. The minimum atomic E-state index is -3.15. The zero-order chi connectivity index (χ0) is 20.1. The predicted molar refractivity (Wildman–Crippen MR) is 104 cm³/mol. The van der Waals surface area contributed by atoms with Crippen molar-refractivity contribution in [2.45, 2.75) is 47.3 Å². The van der Waals surface area contributed by atoms with Crippen molar-refractivity contribution >= 4 is 15.2 Å². The van der Waals surface area contributed by atoms with Crippen LogP contribution in [0.5, 0.6) is 0 Å². The molecule has 1 atom stereocenters. The van der Waals surface area contributed by atoms with E-state index in [0.29, 0.717) is 39.5 Å². The van der Waals surface area contributed by atoms with Crippen molar-refractivity contribution in [3.63, 3.8) is 0 Å². The highest BCUT2D eigenvalue weighted by Gasteiger charge is 2.29. The van der Waals surface area contributed by atoms with Gasteiger partial charge in [-0.3, -0.25) is 14.0 Å². The molecule has 0 aliphatic rings. The number of ether oxygens (including phenoxy) is 1. The van der Waals surface area contributed by atoms with E-state index in [4.69, 9.17) is 22.8 Å². The quantitative estimate of drug-likeness (QED) is 0.257. The van der Waals surface area contributed by atoms with Crippen molar-refractivity contribution in [1.82, 2.24) is 4.90 Å². The average molecular weight is 417 g/mol. The lowest BCUT2D eigenvalue weighted by molar-refractivity contribution is -0.0293. The first-order valence-corrected chi connectivity index (χ1v) is 12.8. The Labute approximate surface area is 158 Å². The van der Waals surface area contributed by atoms with Crippen molar-refractivity contribution < 1.29 is 32.0 Å². The summed E-state index contributed by atoms with van der Waals surface area (Å²) < 4.78 is 52.3. The second kappa shape index (κ2) is 14.3. The van der Waals surface area contributed by atoms with Crippen molar-refractivity contribution in [3.05, 3.63) is 0 Å². The van der Waals surface area contributed by atoms with Gasteiger partial charge in [-0.2, -0.15) is 0 Å². The molecule has 0 spiro atoms. The maximum Gasteiger partial charge on any atom is 0.331 e. The fourth-order valence-electron chi connectivity index (χ4n) is 2.60. The summed E-state index contributed by atoms with van der Waals surface area (Å²) in [7, 11) is -4.68. The first kappa shape index (κ1) is 26.2. The Morgan fingerprint density at radius 1 is 0.731 bits per heavy atom. The molecule has 0 aromatic carbocycles. The van der Waals surface area contributed by atoms with Crippen LogP contribution in [0.15, 0.2) is 0 Å². The van der Waals surface area contributed by atoms with Gasteiger partial charge in [-0.1, -0.05) is 6.92 Å². The molecule has 0 radical (unpaired) electrons. The van der Waals surface area contributed by atoms with Crippen LogP contribution < -0.4 is 0 Å². The van der Waals surface area contributed by atoms with E-state index in [1.54, 1.807) is 34.8 Å². The van der Waals surface area contributed by atoms with Crippen LogP contribution in [0.25, 0.3) is 0 Å². The van der Waals surface area contributed by atoms with Gasteiger partial charge in [0.25, 0.3) is 0 Å². The zero-order valence-electron chi connectivity index (χ0n) is 17.1. The van der Waals surface area contributed by atoms with E-state index in [0.717, 1.165) is 6.42 Å². The number of hydrogen-bond acceptors (Lipinski definition) is 8. The van der Waals surface area contributed by atoms with Gasteiger partial charge in [0.15, 0.2) is 0 Å². The first-order chi connectivity index (χ1) is 12.3. The Balaban J connectivity index is 5.06. The van der Waals surface area contributed by atoms with E-state index < -0.39 is 15.2 Å². The second-order valence-electron chi connectivity index (χ2n) is 5.47. The summed E-state index contributed by atoms with van der Waals surface area (Å²) in [5, 5.41) is 0. The largest absolute Gasteiger partial charge is 0.366 e. The Morgan fingerprint density at radius 2 is 1.08 bits per heavy atom. The van der Waals surface area contributed by atoms with Gasteiger partial charge < -0.3 is 22.8 Å². The number of hydrogen-bond donors (Lipinski definition) is 0. The third-order valence-corrected chi connectivity index (χ3v) is 7.76. The minimum Gasteiger partial charge on any atom is -0.366 e. The third kappa shape index (κ3) is 9.95. The van der Waals surface area contributed by atoms with Crippen molar-refractivity contribution in [2.24, 2.45) is 0 Å². The normalized spacial score (nSPS) is 14.1. The van der Waals surface area contributed by atoms with Crippen LogP contribution in [0, 0.1) is 0 Å². The lowest BCUT2D eigenvalue weighted by atomic mass is 10.3. The van der Waals surface area contributed by atoms with Crippen LogP contribution in [-0.4, -0.2) is 70.1 Å². The average Bonchev–Trinajstić information content (AvgIpc) is 2.58. The number of rotatable bonds is 17. The summed E-state index contributed by atoms with van der Waals surface area (Å²) >= 11 is 0. The summed E-state index contributed by atoms with van der Waals surface area (Å²) in [5.41, 5.74) is 0. The molecule has 0 saturated carbocycles. The summed E-state index contributed by atoms with van der Waals surface area (Å²) in [6.45, 7) is 11.3. The summed E-state index contributed by atoms with van der Waals surface area (Å²) in [4.78, 5) is 1.98. The minimum absolute atomic E-state index is 0.191. The molecule has 0 amide bonds. The summed E-state index contributed by atoms with van der Waals surface area (Å²) in [5.74, 6) is 0. The SMILES string of the molecule is CCOP(=O)(CCN(CCP(=O)(OCC)OCC)C(CC)OC)OCC.